The SMILES string of the molecule is CCS(=O)(=O)c1c(C)c2ccccc2n1Br. The van der Waals surface area contributed by atoms with Gasteiger partial charge in [0, 0.05) is 5.39 Å². The van der Waals surface area contributed by atoms with Gasteiger partial charge in [-0.25, -0.2) is 8.42 Å². The highest BCUT2D eigenvalue weighted by Crippen LogP contribution is 2.30. The van der Waals surface area contributed by atoms with Crippen LogP contribution >= 0.6 is 16.1 Å². The van der Waals surface area contributed by atoms with E-state index in [4.69, 9.17) is 0 Å². The fraction of sp³-hybridized carbons (Fsp3) is 0.273. The van der Waals surface area contributed by atoms with Crippen LogP contribution in [0.4, 0.5) is 0 Å². The van der Waals surface area contributed by atoms with Gasteiger partial charge in [0.15, 0.2) is 9.84 Å². The maximum Gasteiger partial charge on any atom is 0.194 e. The topological polar surface area (TPSA) is 39.1 Å². The van der Waals surface area contributed by atoms with Crippen molar-refractivity contribution in [3.8, 4) is 0 Å². The van der Waals surface area contributed by atoms with E-state index < -0.39 is 9.84 Å². The minimum absolute atomic E-state index is 0.107. The van der Waals surface area contributed by atoms with Crippen LogP contribution in [0.25, 0.3) is 10.9 Å². The zero-order valence-electron chi connectivity index (χ0n) is 9.07. The summed E-state index contributed by atoms with van der Waals surface area (Å²) in [5.74, 6) is 0.107. The lowest BCUT2D eigenvalue weighted by atomic mass is 10.2. The summed E-state index contributed by atoms with van der Waals surface area (Å²) < 4.78 is 25.5. The Labute approximate surface area is 103 Å². The molecule has 5 heteroatoms. The summed E-state index contributed by atoms with van der Waals surface area (Å²) in [6.07, 6.45) is 0. The molecule has 3 nitrogen and oxygen atoms in total. The minimum atomic E-state index is -3.21. The average Bonchev–Trinajstić information content (AvgIpc) is 2.53. The van der Waals surface area contributed by atoms with Crippen molar-refractivity contribution >= 4 is 36.9 Å². The van der Waals surface area contributed by atoms with Crippen molar-refractivity contribution < 1.29 is 8.42 Å². The lowest BCUT2D eigenvalue weighted by Gasteiger charge is -2.02. The smallest absolute Gasteiger partial charge is 0.194 e. The van der Waals surface area contributed by atoms with Gasteiger partial charge in [0.05, 0.1) is 27.4 Å². The van der Waals surface area contributed by atoms with Crippen molar-refractivity contribution in [2.75, 3.05) is 5.75 Å². The van der Waals surface area contributed by atoms with Gasteiger partial charge in [-0.3, -0.25) is 3.59 Å². The first-order valence-electron chi connectivity index (χ1n) is 4.98. The molecule has 16 heavy (non-hydrogen) atoms. The molecule has 2 aromatic rings. The third-order valence-corrected chi connectivity index (χ3v) is 5.50. The second kappa shape index (κ2) is 3.89. The largest absolute Gasteiger partial charge is 0.266 e. The fourth-order valence-corrected chi connectivity index (χ4v) is 4.26. The summed E-state index contributed by atoms with van der Waals surface area (Å²) in [7, 11) is -3.21. The number of para-hydroxylation sites is 1. The third-order valence-electron chi connectivity index (χ3n) is 2.69. The Bertz CT molecular complexity index is 604. The second-order valence-corrected chi connectivity index (χ2v) is 6.53. The molecule has 0 radical (unpaired) electrons. The van der Waals surface area contributed by atoms with Crippen LogP contribution in [0.3, 0.4) is 0 Å². The van der Waals surface area contributed by atoms with Gasteiger partial charge in [-0.2, -0.15) is 0 Å². The number of aryl methyl sites for hydroxylation is 1. The molecule has 2 rings (SSSR count). The highest BCUT2D eigenvalue weighted by Gasteiger charge is 2.22. The summed E-state index contributed by atoms with van der Waals surface area (Å²) in [5.41, 5.74) is 1.68. The zero-order valence-corrected chi connectivity index (χ0v) is 11.5. The molecular weight excluding hydrogens is 290 g/mol. The summed E-state index contributed by atoms with van der Waals surface area (Å²) in [6, 6.07) is 7.62. The summed E-state index contributed by atoms with van der Waals surface area (Å²) >= 11 is 3.32. The molecule has 0 amide bonds. The molecule has 1 aromatic carbocycles. The van der Waals surface area contributed by atoms with Crippen LogP contribution in [0, 0.1) is 6.92 Å². The second-order valence-electron chi connectivity index (χ2n) is 3.63. The van der Waals surface area contributed by atoms with E-state index in [9.17, 15) is 8.42 Å². The molecule has 0 unspecified atom stereocenters. The number of benzene rings is 1. The van der Waals surface area contributed by atoms with E-state index in [1.165, 1.54) is 0 Å². The normalized spacial score (nSPS) is 12.2. The van der Waals surface area contributed by atoms with Crippen LogP contribution in [-0.2, 0) is 9.84 Å². The molecular formula is C11H12BrNO2S. The van der Waals surface area contributed by atoms with Gasteiger partial charge in [0.25, 0.3) is 0 Å². The quantitative estimate of drug-likeness (QED) is 0.855. The molecule has 86 valence electrons. The highest BCUT2D eigenvalue weighted by atomic mass is 79.9. The fourth-order valence-electron chi connectivity index (χ4n) is 1.83. The van der Waals surface area contributed by atoms with Crippen LogP contribution in [0.5, 0.6) is 0 Å². The summed E-state index contributed by atoms with van der Waals surface area (Å²) in [6.45, 7) is 3.49. The van der Waals surface area contributed by atoms with E-state index in [0.29, 0.717) is 5.03 Å². The Morgan fingerprint density at radius 3 is 2.50 bits per heavy atom. The van der Waals surface area contributed by atoms with Crippen LogP contribution in [0.2, 0.25) is 0 Å². The third kappa shape index (κ3) is 1.58. The molecule has 0 N–H and O–H groups in total. The molecule has 0 saturated heterocycles. The monoisotopic (exact) mass is 301 g/mol. The van der Waals surface area contributed by atoms with E-state index in [1.807, 2.05) is 31.2 Å². The first kappa shape index (κ1) is 11.7. The minimum Gasteiger partial charge on any atom is -0.266 e. The predicted octanol–water partition coefficient (Wildman–Crippen LogP) is 2.90. The van der Waals surface area contributed by atoms with E-state index in [2.05, 4.69) is 16.1 Å². The number of halogens is 1. The first-order valence-corrected chi connectivity index (χ1v) is 7.34. The van der Waals surface area contributed by atoms with E-state index in [1.54, 1.807) is 10.5 Å². The Hall–Kier alpha value is -0.810. The highest BCUT2D eigenvalue weighted by molar-refractivity contribution is 9.08. The van der Waals surface area contributed by atoms with Crippen molar-refractivity contribution in [1.82, 2.24) is 3.59 Å². The number of nitrogens with zero attached hydrogens (tertiary/aromatic N) is 1. The van der Waals surface area contributed by atoms with Crippen LogP contribution in [0.15, 0.2) is 29.3 Å². The predicted molar refractivity (Wildman–Crippen MR) is 68.7 cm³/mol. The van der Waals surface area contributed by atoms with E-state index in [-0.39, 0.29) is 5.75 Å². The molecule has 0 bridgehead atoms. The van der Waals surface area contributed by atoms with Crippen molar-refractivity contribution in [2.45, 2.75) is 18.9 Å². The number of rotatable bonds is 2. The molecule has 0 fully saturated rings. The molecule has 1 heterocycles. The van der Waals surface area contributed by atoms with Crippen LogP contribution in [0.1, 0.15) is 12.5 Å². The lowest BCUT2D eigenvalue weighted by Crippen LogP contribution is -2.08. The van der Waals surface area contributed by atoms with Gasteiger partial charge in [-0.15, -0.1) is 0 Å². The van der Waals surface area contributed by atoms with Gasteiger partial charge < -0.3 is 0 Å². The first-order chi connectivity index (χ1) is 7.49. The van der Waals surface area contributed by atoms with Gasteiger partial charge in [-0.1, -0.05) is 25.1 Å². The van der Waals surface area contributed by atoms with E-state index >= 15 is 0 Å². The standard InChI is InChI=1S/C11H12BrNO2S/c1-3-16(14,15)11-8(2)9-6-4-5-7-10(9)13(11)12/h4-7H,3H2,1-2H3. The molecule has 0 saturated carbocycles. The van der Waals surface area contributed by atoms with Crippen molar-refractivity contribution in [2.24, 2.45) is 0 Å². The Kier molecular flexibility index (Phi) is 2.84. The molecule has 1 aromatic heterocycles. The van der Waals surface area contributed by atoms with Crippen LogP contribution in [-0.4, -0.2) is 17.8 Å². The summed E-state index contributed by atoms with van der Waals surface area (Å²) in [5, 5.41) is 1.32. The number of hydrogen-bond acceptors (Lipinski definition) is 2. The molecule has 0 aliphatic heterocycles. The summed E-state index contributed by atoms with van der Waals surface area (Å²) in [4.78, 5) is 0. The lowest BCUT2D eigenvalue weighted by molar-refractivity contribution is 0.593. The molecule has 0 spiro atoms. The van der Waals surface area contributed by atoms with Gasteiger partial charge >= 0.3 is 0 Å². The van der Waals surface area contributed by atoms with Crippen molar-refractivity contribution in [3.05, 3.63) is 29.8 Å². The Morgan fingerprint density at radius 1 is 1.31 bits per heavy atom. The number of sulfone groups is 1. The Morgan fingerprint density at radius 2 is 1.94 bits per heavy atom. The molecule has 0 aliphatic rings. The number of aromatic nitrogens is 1. The van der Waals surface area contributed by atoms with Gasteiger partial charge in [0.1, 0.15) is 5.03 Å². The van der Waals surface area contributed by atoms with E-state index in [0.717, 1.165) is 16.5 Å². The average molecular weight is 302 g/mol. The van der Waals surface area contributed by atoms with Gasteiger partial charge in [0.2, 0.25) is 0 Å². The maximum atomic E-state index is 12.0. The molecule has 0 atom stereocenters. The van der Waals surface area contributed by atoms with Crippen LogP contribution < -0.4 is 0 Å². The van der Waals surface area contributed by atoms with Crippen molar-refractivity contribution in [1.29, 1.82) is 0 Å². The molecule has 0 aliphatic carbocycles. The van der Waals surface area contributed by atoms with Gasteiger partial charge in [-0.05, 0) is 18.6 Å². The number of hydrogen-bond donors (Lipinski definition) is 0. The Balaban J connectivity index is 2.92. The maximum absolute atomic E-state index is 12.0. The number of fused-ring (bicyclic) bond motifs is 1. The van der Waals surface area contributed by atoms with Crippen molar-refractivity contribution in [3.63, 3.8) is 0 Å². The zero-order chi connectivity index (χ0) is 11.9.